The number of amides is 1. The molecule has 1 aromatic carbocycles. The number of para-hydroxylation sites is 1. The molecule has 12 heteroatoms. The Balaban J connectivity index is 1.67. The van der Waals surface area contributed by atoms with E-state index in [1.54, 1.807) is 11.0 Å². The molecule has 0 atom stereocenters. The molecule has 3 aromatic rings. The van der Waals surface area contributed by atoms with E-state index in [2.05, 4.69) is 9.97 Å². The molecule has 0 aliphatic carbocycles. The van der Waals surface area contributed by atoms with Crippen LogP contribution in [0.3, 0.4) is 0 Å². The Bertz CT molecular complexity index is 1570. The second-order valence-electron chi connectivity index (χ2n) is 10.3. The zero-order valence-corrected chi connectivity index (χ0v) is 22.2. The molecule has 0 N–H and O–H groups in total. The van der Waals surface area contributed by atoms with Crippen LogP contribution >= 0.6 is 0 Å². The quantitative estimate of drug-likeness (QED) is 0.473. The van der Waals surface area contributed by atoms with E-state index >= 15 is 0 Å². The minimum atomic E-state index is -3.67. The van der Waals surface area contributed by atoms with Gasteiger partial charge in [-0.3, -0.25) is 14.3 Å². The molecule has 0 spiro atoms. The first-order valence-electron chi connectivity index (χ1n) is 11.9. The number of hydrogen-bond acceptors (Lipinski definition) is 9. The van der Waals surface area contributed by atoms with Gasteiger partial charge in [-0.25, -0.2) is 18.2 Å². The minimum absolute atomic E-state index is 0.245. The van der Waals surface area contributed by atoms with Crippen molar-refractivity contribution in [3.63, 3.8) is 0 Å². The van der Waals surface area contributed by atoms with Crippen molar-refractivity contribution in [2.24, 2.45) is 0 Å². The highest BCUT2D eigenvalue weighted by atomic mass is 32.2. The third-order valence-electron chi connectivity index (χ3n) is 6.28. The molecule has 0 unspecified atom stereocenters. The van der Waals surface area contributed by atoms with Gasteiger partial charge in [0, 0.05) is 30.9 Å². The molecule has 2 aliphatic heterocycles. The summed E-state index contributed by atoms with van der Waals surface area (Å²) in [6.07, 6.45) is 2.00. The summed E-state index contributed by atoms with van der Waals surface area (Å²) in [5.74, 6) is 0. The number of fused-ring (bicyclic) bond motifs is 2. The number of aromatic nitrogens is 3. The van der Waals surface area contributed by atoms with E-state index in [1.807, 2.05) is 50.8 Å². The highest BCUT2D eigenvalue weighted by molar-refractivity contribution is 7.90. The maximum Gasteiger partial charge on any atom is 0.414 e. The van der Waals surface area contributed by atoms with E-state index in [4.69, 9.17) is 9.47 Å². The number of anilines is 3. The van der Waals surface area contributed by atoms with Crippen molar-refractivity contribution < 1.29 is 22.7 Å². The molecule has 2 aromatic heterocycles. The second-order valence-corrected chi connectivity index (χ2v) is 12.2. The number of hydrogen-bond donors (Lipinski definition) is 0. The maximum absolute atomic E-state index is 13.9. The number of pyridine rings is 1. The monoisotopic (exact) mass is 527 g/mol. The molecule has 1 amide bonds. The van der Waals surface area contributed by atoms with Gasteiger partial charge in [-0.05, 0) is 45.4 Å². The van der Waals surface area contributed by atoms with Crippen molar-refractivity contribution in [3.8, 4) is 0 Å². The van der Waals surface area contributed by atoms with Gasteiger partial charge in [0.15, 0.2) is 0 Å². The van der Waals surface area contributed by atoms with Crippen molar-refractivity contribution in [2.75, 3.05) is 42.4 Å². The van der Waals surface area contributed by atoms with Crippen LogP contribution in [0.1, 0.15) is 32.4 Å². The summed E-state index contributed by atoms with van der Waals surface area (Å²) >= 11 is 0. The molecule has 1 saturated heterocycles. The van der Waals surface area contributed by atoms with Crippen LogP contribution in [0.15, 0.2) is 40.4 Å². The van der Waals surface area contributed by atoms with Gasteiger partial charge >= 0.3 is 6.09 Å². The van der Waals surface area contributed by atoms with Gasteiger partial charge in [0.25, 0.3) is 5.56 Å². The van der Waals surface area contributed by atoms with Crippen molar-refractivity contribution >= 4 is 44.0 Å². The van der Waals surface area contributed by atoms with Gasteiger partial charge in [0.2, 0.25) is 15.0 Å². The van der Waals surface area contributed by atoms with Crippen molar-refractivity contribution in [1.29, 1.82) is 0 Å². The Hall–Kier alpha value is -3.51. The SMILES string of the molecule is Cc1cccc2c1N(C(=O)OC(C)(C)C)CCN2c1cc2cnc(S(C)(=O)=O)nc2n(C2COC2)c1=O. The topological polar surface area (TPSA) is 124 Å². The fraction of sp³-hybridized carbons (Fsp3) is 0.440. The summed E-state index contributed by atoms with van der Waals surface area (Å²) in [6.45, 7) is 8.65. The lowest BCUT2D eigenvalue weighted by atomic mass is 10.1. The number of benzene rings is 1. The number of nitrogens with zero attached hydrogens (tertiary/aromatic N) is 5. The lowest BCUT2D eigenvalue weighted by molar-refractivity contribution is -0.0230. The fourth-order valence-electron chi connectivity index (χ4n) is 4.57. The number of rotatable bonds is 3. The van der Waals surface area contributed by atoms with Gasteiger partial charge in [0.05, 0.1) is 30.6 Å². The molecule has 0 saturated carbocycles. The smallest absolute Gasteiger partial charge is 0.414 e. The summed E-state index contributed by atoms with van der Waals surface area (Å²) in [6, 6.07) is 7.04. The van der Waals surface area contributed by atoms with Gasteiger partial charge in [0.1, 0.15) is 16.9 Å². The van der Waals surface area contributed by atoms with Crippen LogP contribution in [0.2, 0.25) is 0 Å². The molecule has 4 heterocycles. The van der Waals surface area contributed by atoms with E-state index in [1.165, 1.54) is 10.8 Å². The maximum atomic E-state index is 13.9. The Labute approximate surface area is 214 Å². The Morgan fingerprint density at radius 1 is 1.16 bits per heavy atom. The van der Waals surface area contributed by atoms with E-state index in [0.717, 1.165) is 11.8 Å². The van der Waals surface area contributed by atoms with Crippen LogP contribution in [0.25, 0.3) is 11.0 Å². The van der Waals surface area contributed by atoms with Gasteiger partial charge in [-0.15, -0.1) is 0 Å². The third kappa shape index (κ3) is 4.55. The standard InChI is InChI=1S/C25H29N5O6S/c1-15-7-6-8-18-20(15)29(24(32)36-25(2,3)4)10-9-28(18)19-11-16-12-26-23(37(5,33)34)27-21(16)30(22(19)31)17-13-35-14-17/h6-8,11-12,17H,9-10,13-14H2,1-5H3. The lowest BCUT2D eigenvalue weighted by Gasteiger charge is -2.39. The Kier molecular flexibility index (Phi) is 5.99. The van der Waals surface area contributed by atoms with Crippen LogP contribution in [0.5, 0.6) is 0 Å². The first-order chi connectivity index (χ1) is 17.3. The van der Waals surface area contributed by atoms with E-state index < -0.39 is 21.5 Å². The molecule has 1 fully saturated rings. The highest BCUT2D eigenvalue weighted by Gasteiger charge is 2.34. The summed E-state index contributed by atoms with van der Waals surface area (Å²) in [4.78, 5) is 38.7. The first-order valence-corrected chi connectivity index (χ1v) is 13.8. The first kappa shape index (κ1) is 25.2. The van der Waals surface area contributed by atoms with E-state index in [9.17, 15) is 18.0 Å². The predicted molar refractivity (Wildman–Crippen MR) is 139 cm³/mol. The number of sulfone groups is 1. The molecular formula is C25H29N5O6S. The van der Waals surface area contributed by atoms with Crippen molar-refractivity contribution in [1.82, 2.24) is 14.5 Å². The summed E-state index contributed by atoms with van der Waals surface area (Å²) in [7, 11) is -3.67. The summed E-state index contributed by atoms with van der Waals surface area (Å²) in [5.41, 5.74) is 1.88. The average Bonchev–Trinajstić information content (AvgIpc) is 2.77. The molecule has 0 radical (unpaired) electrons. The van der Waals surface area contributed by atoms with Crippen molar-refractivity contribution in [2.45, 2.75) is 44.5 Å². The molecule has 11 nitrogen and oxygen atoms in total. The predicted octanol–water partition coefficient (Wildman–Crippen LogP) is 2.97. The van der Waals surface area contributed by atoms with E-state index in [-0.39, 0.29) is 22.4 Å². The Morgan fingerprint density at radius 2 is 1.89 bits per heavy atom. The van der Waals surface area contributed by atoms with Crippen LogP contribution in [-0.4, -0.2) is 67.2 Å². The number of aryl methyl sites for hydroxylation is 1. The lowest BCUT2D eigenvalue weighted by Crippen LogP contribution is -2.47. The normalized spacial score (nSPS) is 16.5. The average molecular weight is 528 g/mol. The van der Waals surface area contributed by atoms with Crippen LogP contribution in [0.4, 0.5) is 21.9 Å². The van der Waals surface area contributed by atoms with Gasteiger partial charge < -0.3 is 14.4 Å². The zero-order valence-electron chi connectivity index (χ0n) is 21.4. The zero-order chi connectivity index (χ0) is 26.7. The summed E-state index contributed by atoms with van der Waals surface area (Å²) < 4.78 is 36.7. The van der Waals surface area contributed by atoms with Gasteiger partial charge in [-0.2, -0.15) is 4.98 Å². The van der Waals surface area contributed by atoms with E-state index in [0.29, 0.717) is 48.8 Å². The minimum Gasteiger partial charge on any atom is -0.443 e. The fourth-order valence-corrected chi connectivity index (χ4v) is 5.06. The third-order valence-corrected chi connectivity index (χ3v) is 7.14. The second kappa shape index (κ2) is 8.80. The van der Waals surface area contributed by atoms with Crippen LogP contribution in [0, 0.1) is 6.92 Å². The molecular weight excluding hydrogens is 498 g/mol. The Morgan fingerprint density at radius 3 is 2.51 bits per heavy atom. The summed E-state index contributed by atoms with van der Waals surface area (Å²) in [5, 5.41) is 0.186. The highest BCUT2D eigenvalue weighted by Crippen LogP contribution is 2.40. The van der Waals surface area contributed by atoms with Crippen LogP contribution in [-0.2, 0) is 19.3 Å². The van der Waals surface area contributed by atoms with Gasteiger partial charge in [-0.1, -0.05) is 12.1 Å². The molecule has 37 heavy (non-hydrogen) atoms. The number of carbonyl (C=O) groups excluding carboxylic acids is 1. The molecule has 5 rings (SSSR count). The van der Waals surface area contributed by atoms with Crippen LogP contribution < -0.4 is 15.4 Å². The van der Waals surface area contributed by atoms with Crippen molar-refractivity contribution in [3.05, 3.63) is 46.4 Å². The number of carbonyl (C=O) groups is 1. The molecule has 196 valence electrons. The molecule has 2 aliphatic rings. The molecule has 0 bridgehead atoms. The number of ether oxygens (including phenoxy) is 2. The largest absolute Gasteiger partial charge is 0.443 e.